The van der Waals surface area contributed by atoms with Crippen molar-refractivity contribution in [3.63, 3.8) is 0 Å². The molecular weight excluding hydrogens is 472 g/mol. The van der Waals surface area contributed by atoms with E-state index >= 15 is 0 Å². The van der Waals surface area contributed by atoms with Gasteiger partial charge in [-0.25, -0.2) is 8.42 Å². The van der Waals surface area contributed by atoms with Crippen molar-refractivity contribution in [1.82, 2.24) is 14.6 Å². The van der Waals surface area contributed by atoms with Gasteiger partial charge in [-0.05, 0) is 56.0 Å². The number of hydrogen-bond acceptors (Lipinski definition) is 9. The summed E-state index contributed by atoms with van der Waals surface area (Å²) >= 11 is 0. The van der Waals surface area contributed by atoms with Crippen molar-refractivity contribution >= 4 is 10.0 Å². The maximum Gasteiger partial charge on any atom is 0.258 e. The lowest BCUT2D eigenvalue weighted by Gasteiger charge is -2.23. The molecule has 184 valence electrons. The fourth-order valence-corrected chi connectivity index (χ4v) is 4.69. The van der Waals surface area contributed by atoms with Crippen LogP contribution in [0.15, 0.2) is 40.9 Å². The monoisotopic (exact) mass is 498 g/mol. The van der Waals surface area contributed by atoms with Gasteiger partial charge in [0.15, 0.2) is 0 Å². The topological polar surface area (TPSA) is 139 Å². The van der Waals surface area contributed by atoms with E-state index in [-0.39, 0.29) is 25.1 Å². The molecule has 1 N–H and O–H groups in total. The fraction of sp³-hybridized carbons (Fsp3) is 0.375. The third-order valence-electron chi connectivity index (χ3n) is 5.49. The summed E-state index contributed by atoms with van der Waals surface area (Å²) in [4.78, 5) is 10.3. The highest BCUT2D eigenvalue weighted by Crippen LogP contribution is 2.40. The van der Waals surface area contributed by atoms with Crippen molar-refractivity contribution in [2.75, 3.05) is 19.4 Å². The molecule has 1 heterocycles. The van der Waals surface area contributed by atoms with Crippen LogP contribution in [-0.4, -0.2) is 53.6 Å². The number of rotatable bonds is 9. The number of aliphatic hydroxyl groups is 1. The Labute approximate surface area is 203 Å². The lowest BCUT2D eigenvalue weighted by atomic mass is 10.0. The number of benzene rings is 2. The summed E-state index contributed by atoms with van der Waals surface area (Å²) in [6.45, 7) is 3.28. The van der Waals surface area contributed by atoms with Crippen LogP contribution in [0.2, 0.25) is 0 Å². The maximum atomic E-state index is 12.0. The van der Waals surface area contributed by atoms with E-state index in [9.17, 15) is 18.8 Å². The van der Waals surface area contributed by atoms with Gasteiger partial charge in [-0.15, -0.1) is 0 Å². The summed E-state index contributed by atoms with van der Waals surface area (Å²) in [5.41, 5.74) is 3.51. The minimum atomic E-state index is -3.64. The average molecular weight is 499 g/mol. The van der Waals surface area contributed by atoms with Crippen LogP contribution < -0.4 is 4.74 Å². The minimum absolute atomic E-state index is 0.0657. The average Bonchev–Trinajstić information content (AvgIpc) is 3.46. The van der Waals surface area contributed by atoms with E-state index in [2.05, 4.69) is 16.2 Å². The minimum Gasteiger partial charge on any atom is -0.490 e. The molecule has 0 amide bonds. The van der Waals surface area contributed by atoms with Gasteiger partial charge in [0.2, 0.25) is 15.8 Å². The number of aliphatic hydroxyl groups excluding tert-OH is 1. The zero-order valence-corrected chi connectivity index (χ0v) is 20.4. The lowest BCUT2D eigenvalue weighted by Crippen LogP contribution is -2.33. The fourth-order valence-electron chi connectivity index (χ4n) is 4.01. The molecule has 0 spiro atoms. The molecule has 0 fully saturated rings. The summed E-state index contributed by atoms with van der Waals surface area (Å²) in [7, 11) is -3.64. The zero-order chi connectivity index (χ0) is 25.2. The molecule has 0 bridgehead atoms. The van der Waals surface area contributed by atoms with Gasteiger partial charge in [0.1, 0.15) is 17.9 Å². The van der Waals surface area contributed by atoms with Crippen molar-refractivity contribution in [2.24, 2.45) is 0 Å². The molecule has 2 aromatic carbocycles. The Morgan fingerprint density at radius 1 is 1.31 bits per heavy atom. The van der Waals surface area contributed by atoms with Crippen LogP contribution in [0.5, 0.6) is 5.75 Å². The first-order chi connectivity index (χ1) is 16.7. The largest absolute Gasteiger partial charge is 0.490 e. The molecule has 0 aliphatic heterocycles. The standard InChI is InChI=1S/C24H26N4O6S/c1-15(2)32-21-9-7-16(13-17(21)14-25)24-26-23(27-33-24)20-6-4-5-19-18(20)8-10-22(19)34-28(11-12-29)35(3,30)31/h4-7,9,13,15,22,29H,8,10-12H2,1-3H3/t22-/m1/s1. The number of nitrogens with zero attached hydrogens (tertiary/aromatic N) is 4. The Kier molecular flexibility index (Phi) is 7.18. The van der Waals surface area contributed by atoms with Gasteiger partial charge < -0.3 is 14.4 Å². The molecule has 11 heteroatoms. The predicted octanol–water partition coefficient (Wildman–Crippen LogP) is 3.24. The van der Waals surface area contributed by atoms with E-state index in [1.165, 1.54) is 0 Å². The summed E-state index contributed by atoms with van der Waals surface area (Å²) in [5.74, 6) is 1.14. The van der Waals surface area contributed by atoms with E-state index < -0.39 is 16.1 Å². The number of aromatic nitrogens is 2. The molecule has 10 nitrogen and oxygen atoms in total. The molecule has 1 aliphatic rings. The van der Waals surface area contributed by atoms with Crippen LogP contribution in [0.4, 0.5) is 0 Å². The van der Waals surface area contributed by atoms with Gasteiger partial charge in [0, 0.05) is 11.1 Å². The van der Waals surface area contributed by atoms with Crippen molar-refractivity contribution in [3.05, 3.63) is 53.1 Å². The van der Waals surface area contributed by atoms with E-state index in [0.29, 0.717) is 35.5 Å². The molecule has 1 aromatic heterocycles. The van der Waals surface area contributed by atoms with Crippen LogP contribution in [0, 0.1) is 11.3 Å². The third-order valence-corrected chi connectivity index (χ3v) is 6.50. The summed E-state index contributed by atoms with van der Waals surface area (Å²) in [6, 6.07) is 12.8. The lowest BCUT2D eigenvalue weighted by molar-refractivity contribution is -0.138. The van der Waals surface area contributed by atoms with Crippen LogP contribution in [-0.2, 0) is 21.3 Å². The molecule has 0 radical (unpaired) electrons. The third kappa shape index (κ3) is 5.36. The van der Waals surface area contributed by atoms with Crippen LogP contribution >= 0.6 is 0 Å². The van der Waals surface area contributed by atoms with E-state index in [4.69, 9.17) is 14.1 Å². The molecule has 35 heavy (non-hydrogen) atoms. The molecule has 0 unspecified atom stereocenters. The molecule has 0 saturated heterocycles. The Bertz CT molecular complexity index is 1360. The Balaban J connectivity index is 1.61. The van der Waals surface area contributed by atoms with E-state index in [1.54, 1.807) is 18.2 Å². The normalized spacial score (nSPS) is 15.4. The smallest absolute Gasteiger partial charge is 0.258 e. The Morgan fingerprint density at radius 2 is 2.11 bits per heavy atom. The number of sulfonamides is 1. The molecule has 4 rings (SSSR count). The Hall–Kier alpha value is -3.30. The van der Waals surface area contributed by atoms with E-state index in [0.717, 1.165) is 27.4 Å². The highest BCUT2D eigenvalue weighted by atomic mass is 32.2. The summed E-state index contributed by atoms with van der Waals surface area (Å²) < 4.78 is 36.0. The highest BCUT2D eigenvalue weighted by molar-refractivity contribution is 7.88. The molecular formula is C24H26N4O6S. The second-order valence-corrected chi connectivity index (χ2v) is 10.3. The molecule has 3 aromatic rings. The molecule has 0 saturated carbocycles. The second-order valence-electron chi connectivity index (χ2n) is 8.43. The van der Waals surface area contributed by atoms with Crippen molar-refractivity contribution in [2.45, 2.75) is 38.9 Å². The second kappa shape index (κ2) is 10.1. The highest BCUT2D eigenvalue weighted by Gasteiger charge is 2.31. The van der Waals surface area contributed by atoms with Crippen LogP contribution in [0.3, 0.4) is 0 Å². The van der Waals surface area contributed by atoms with Crippen LogP contribution in [0.25, 0.3) is 22.8 Å². The number of hydrogen-bond donors (Lipinski definition) is 1. The summed E-state index contributed by atoms with van der Waals surface area (Å²) in [6.07, 6.45) is 1.69. The van der Waals surface area contributed by atoms with Crippen LogP contribution in [0.1, 0.15) is 43.1 Å². The first kappa shape index (κ1) is 24.8. The van der Waals surface area contributed by atoms with E-state index in [1.807, 2.05) is 32.0 Å². The van der Waals surface area contributed by atoms with Gasteiger partial charge in [-0.3, -0.25) is 4.84 Å². The zero-order valence-electron chi connectivity index (χ0n) is 19.6. The number of nitriles is 1. The van der Waals surface area contributed by atoms with Gasteiger partial charge in [0.25, 0.3) is 5.89 Å². The quantitative estimate of drug-likeness (QED) is 0.440. The van der Waals surface area contributed by atoms with Gasteiger partial charge in [-0.1, -0.05) is 27.8 Å². The van der Waals surface area contributed by atoms with Gasteiger partial charge in [-0.2, -0.15) is 10.2 Å². The van der Waals surface area contributed by atoms with Gasteiger partial charge >= 0.3 is 0 Å². The summed E-state index contributed by atoms with van der Waals surface area (Å²) in [5, 5.41) is 22.8. The molecule has 1 aliphatic carbocycles. The van der Waals surface area contributed by atoms with Crippen molar-refractivity contribution < 1.29 is 27.6 Å². The number of fused-ring (bicyclic) bond motifs is 1. The number of ether oxygens (including phenoxy) is 1. The Morgan fingerprint density at radius 3 is 2.80 bits per heavy atom. The molecule has 1 atom stereocenters. The first-order valence-electron chi connectivity index (χ1n) is 11.1. The number of hydroxylamine groups is 1. The SMILES string of the molecule is CC(C)Oc1ccc(-c2nc(-c3cccc4c3CC[C@H]4ON(CCO)S(C)(=O)=O)no2)cc1C#N. The van der Waals surface area contributed by atoms with Gasteiger partial charge in [0.05, 0.1) is 31.1 Å². The predicted molar refractivity (Wildman–Crippen MR) is 126 cm³/mol. The van der Waals surface area contributed by atoms with Crippen molar-refractivity contribution in [3.8, 4) is 34.7 Å². The first-order valence-corrected chi connectivity index (χ1v) is 13.0. The maximum absolute atomic E-state index is 12.0. The van der Waals surface area contributed by atoms with Crippen molar-refractivity contribution in [1.29, 1.82) is 5.26 Å².